The van der Waals surface area contributed by atoms with Crippen molar-refractivity contribution in [3.05, 3.63) is 28.0 Å². The van der Waals surface area contributed by atoms with E-state index in [0.717, 1.165) is 5.56 Å². The summed E-state index contributed by atoms with van der Waals surface area (Å²) < 4.78 is 18.5. The summed E-state index contributed by atoms with van der Waals surface area (Å²) in [7, 11) is 3.02. The minimum atomic E-state index is -0.344. The summed E-state index contributed by atoms with van der Waals surface area (Å²) in [6.45, 7) is 0.457. The van der Waals surface area contributed by atoms with Gasteiger partial charge in [-0.3, -0.25) is 0 Å². The number of hydrogen-bond donors (Lipinski definition) is 1. The van der Waals surface area contributed by atoms with Gasteiger partial charge in [0.15, 0.2) is 0 Å². The Morgan fingerprint density at radius 3 is 2.71 bits per heavy atom. The van der Waals surface area contributed by atoms with Crippen LogP contribution in [0.15, 0.2) is 16.6 Å². The van der Waals surface area contributed by atoms with Gasteiger partial charge in [-0.15, -0.1) is 0 Å². The zero-order valence-electron chi connectivity index (χ0n) is 7.93. The Hall–Kier alpha value is -0.650. The molecule has 1 N–H and O–H groups in total. The van der Waals surface area contributed by atoms with Gasteiger partial charge in [0.1, 0.15) is 11.6 Å². The number of methoxy groups -OCH3 is 1. The van der Waals surface area contributed by atoms with E-state index in [9.17, 15) is 4.39 Å². The molecule has 14 heavy (non-hydrogen) atoms. The standard InChI is InChI=1S/C9H11BrFNO2/c1-13-9-4-8(11)7(10)3-6(9)5-12-14-2/h3-4,12H,5H2,1-2H3. The molecule has 0 spiro atoms. The molecule has 0 bridgehead atoms. The molecule has 0 radical (unpaired) electrons. The van der Waals surface area contributed by atoms with Gasteiger partial charge in [0.25, 0.3) is 0 Å². The van der Waals surface area contributed by atoms with Crippen molar-refractivity contribution >= 4 is 15.9 Å². The molecule has 0 aromatic heterocycles. The van der Waals surface area contributed by atoms with Crippen LogP contribution in [0.4, 0.5) is 4.39 Å². The Morgan fingerprint density at radius 2 is 2.14 bits per heavy atom. The summed E-state index contributed by atoms with van der Waals surface area (Å²) >= 11 is 3.10. The molecule has 3 nitrogen and oxygen atoms in total. The maximum atomic E-state index is 13.1. The van der Waals surface area contributed by atoms with Crippen LogP contribution < -0.4 is 10.2 Å². The van der Waals surface area contributed by atoms with Crippen molar-refractivity contribution in [3.8, 4) is 5.75 Å². The van der Waals surface area contributed by atoms with E-state index in [-0.39, 0.29) is 5.82 Å². The summed E-state index contributed by atoms with van der Waals surface area (Å²) in [6, 6.07) is 2.98. The number of nitrogens with one attached hydrogen (secondary N) is 1. The fraction of sp³-hybridized carbons (Fsp3) is 0.333. The summed E-state index contributed by atoms with van der Waals surface area (Å²) in [6.07, 6.45) is 0. The highest BCUT2D eigenvalue weighted by atomic mass is 79.9. The molecule has 0 aliphatic heterocycles. The molecule has 0 saturated heterocycles. The first kappa shape index (κ1) is 11.4. The van der Waals surface area contributed by atoms with Gasteiger partial charge in [0.05, 0.1) is 18.7 Å². The van der Waals surface area contributed by atoms with Crippen LogP contribution >= 0.6 is 15.9 Å². The lowest BCUT2D eigenvalue weighted by atomic mass is 10.2. The summed E-state index contributed by atoms with van der Waals surface area (Å²) in [5, 5.41) is 0. The van der Waals surface area contributed by atoms with Crippen LogP contribution in [0.25, 0.3) is 0 Å². The van der Waals surface area contributed by atoms with Crippen LogP contribution in [0.1, 0.15) is 5.56 Å². The Balaban J connectivity index is 2.95. The fourth-order valence-corrected chi connectivity index (χ4v) is 1.44. The molecule has 0 atom stereocenters. The van der Waals surface area contributed by atoms with E-state index < -0.39 is 0 Å². The predicted molar refractivity (Wildman–Crippen MR) is 54.5 cm³/mol. The first-order chi connectivity index (χ1) is 6.69. The number of hydroxylamine groups is 1. The lowest BCUT2D eigenvalue weighted by Gasteiger charge is -2.09. The molecule has 1 aromatic rings. The first-order valence-corrected chi connectivity index (χ1v) is 4.76. The molecule has 0 aliphatic rings. The Labute approximate surface area is 90.3 Å². The summed E-state index contributed by atoms with van der Waals surface area (Å²) in [5.41, 5.74) is 3.48. The Bertz CT molecular complexity index is 320. The monoisotopic (exact) mass is 263 g/mol. The van der Waals surface area contributed by atoms with E-state index >= 15 is 0 Å². The minimum Gasteiger partial charge on any atom is -0.496 e. The number of rotatable bonds is 4. The quantitative estimate of drug-likeness (QED) is 0.846. The van der Waals surface area contributed by atoms with Crippen LogP contribution in [0.5, 0.6) is 5.75 Å². The number of halogens is 2. The van der Waals surface area contributed by atoms with Crippen molar-refractivity contribution in [2.45, 2.75) is 6.54 Å². The molecule has 0 saturated carbocycles. The van der Waals surface area contributed by atoms with Crippen LogP contribution in [-0.2, 0) is 11.4 Å². The Morgan fingerprint density at radius 1 is 1.43 bits per heavy atom. The van der Waals surface area contributed by atoms with Crippen molar-refractivity contribution in [2.24, 2.45) is 0 Å². The molecule has 1 rings (SSSR count). The summed E-state index contributed by atoms with van der Waals surface area (Å²) in [5.74, 6) is 0.151. The average molecular weight is 264 g/mol. The lowest BCUT2D eigenvalue weighted by molar-refractivity contribution is 0.0861. The SMILES string of the molecule is CONCc1cc(Br)c(F)cc1OC. The first-order valence-electron chi connectivity index (χ1n) is 3.96. The highest BCUT2D eigenvalue weighted by Crippen LogP contribution is 2.26. The van der Waals surface area contributed by atoms with Gasteiger partial charge < -0.3 is 9.57 Å². The zero-order chi connectivity index (χ0) is 10.6. The highest BCUT2D eigenvalue weighted by molar-refractivity contribution is 9.10. The molecular weight excluding hydrogens is 253 g/mol. The second kappa shape index (κ2) is 5.29. The maximum Gasteiger partial charge on any atom is 0.141 e. The number of hydrogen-bond acceptors (Lipinski definition) is 3. The van der Waals surface area contributed by atoms with Gasteiger partial charge in [-0.25, -0.2) is 4.39 Å². The third-order valence-electron chi connectivity index (χ3n) is 1.73. The van der Waals surface area contributed by atoms with Crippen LogP contribution in [-0.4, -0.2) is 14.2 Å². The molecule has 78 valence electrons. The van der Waals surface area contributed by atoms with Crippen molar-refractivity contribution < 1.29 is 14.0 Å². The van der Waals surface area contributed by atoms with E-state index in [1.807, 2.05) is 0 Å². The molecule has 0 fully saturated rings. The normalized spacial score (nSPS) is 10.3. The second-order valence-corrected chi connectivity index (χ2v) is 3.46. The molecular formula is C9H11BrFNO2. The number of ether oxygens (including phenoxy) is 1. The predicted octanol–water partition coefficient (Wildman–Crippen LogP) is 2.25. The van der Waals surface area contributed by atoms with E-state index in [4.69, 9.17) is 9.57 Å². The van der Waals surface area contributed by atoms with Crippen molar-refractivity contribution in [2.75, 3.05) is 14.2 Å². The van der Waals surface area contributed by atoms with Gasteiger partial charge in [-0.2, -0.15) is 5.48 Å². The van der Waals surface area contributed by atoms with Gasteiger partial charge in [-0.1, -0.05) is 0 Å². The largest absolute Gasteiger partial charge is 0.496 e. The third kappa shape index (κ3) is 2.67. The van der Waals surface area contributed by atoms with Crippen LogP contribution in [0, 0.1) is 5.82 Å². The van der Waals surface area contributed by atoms with Crippen molar-refractivity contribution in [1.82, 2.24) is 5.48 Å². The molecule has 1 aromatic carbocycles. The Kier molecular flexibility index (Phi) is 4.31. The van der Waals surface area contributed by atoms with E-state index in [0.29, 0.717) is 16.8 Å². The van der Waals surface area contributed by atoms with E-state index in [1.165, 1.54) is 20.3 Å². The molecule has 0 aliphatic carbocycles. The molecule has 0 heterocycles. The minimum absolute atomic E-state index is 0.344. The van der Waals surface area contributed by atoms with Gasteiger partial charge in [-0.05, 0) is 22.0 Å². The topological polar surface area (TPSA) is 30.5 Å². The maximum absolute atomic E-state index is 13.1. The number of benzene rings is 1. The lowest BCUT2D eigenvalue weighted by Crippen LogP contribution is -2.11. The van der Waals surface area contributed by atoms with E-state index in [1.54, 1.807) is 6.07 Å². The smallest absolute Gasteiger partial charge is 0.141 e. The van der Waals surface area contributed by atoms with E-state index in [2.05, 4.69) is 21.4 Å². The summed E-state index contributed by atoms with van der Waals surface area (Å²) in [4.78, 5) is 4.70. The third-order valence-corrected chi connectivity index (χ3v) is 2.34. The second-order valence-electron chi connectivity index (χ2n) is 2.60. The zero-order valence-corrected chi connectivity index (χ0v) is 9.52. The van der Waals surface area contributed by atoms with Crippen LogP contribution in [0.2, 0.25) is 0 Å². The van der Waals surface area contributed by atoms with Crippen molar-refractivity contribution in [1.29, 1.82) is 0 Å². The van der Waals surface area contributed by atoms with Gasteiger partial charge in [0, 0.05) is 18.2 Å². The average Bonchev–Trinajstić information content (AvgIpc) is 2.19. The molecule has 0 unspecified atom stereocenters. The van der Waals surface area contributed by atoms with Crippen LogP contribution in [0.3, 0.4) is 0 Å². The molecule has 5 heteroatoms. The molecule has 0 amide bonds. The fourth-order valence-electron chi connectivity index (χ4n) is 1.05. The van der Waals surface area contributed by atoms with Gasteiger partial charge in [0.2, 0.25) is 0 Å². The highest BCUT2D eigenvalue weighted by Gasteiger charge is 2.08. The van der Waals surface area contributed by atoms with Crippen molar-refractivity contribution in [3.63, 3.8) is 0 Å². The van der Waals surface area contributed by atoms with Gasteiger partial charge >= 0.3 is 0 Å².